The zero-order valence-corrected chi connectivity index (χ0v) is 18.2. The summed E-state index contributed by atoms with van der Waals surface area (Å²) >= 11 is 11.2. The molecule has 1 aromatic heterocycles. The van der Waals surface area contributed by atoms with Gasteiger partial charge in [0.1, 0.15) is 5.82 Å². The van der Waals surface area contributed by atoms with Crippen molar-refractivity contribution in [3.8, 4) is 0 Å². The van der Waals surface area contributed by atoms with E-state index in [1.54, 1.807) is 22.9 Å². The molecule has 0 fully saturated rings. The topological polar surface area (TPSA) is 68.2 Å². The van der Waals surface area contributed by atoms with Gasteiger partial charge < -0.3 is 15.4 Å². The molecule has 0 aliphatic carbocycles. The Balaban J connectivity index is 1.78. The number of hydrogen-bond acceptors (Lipinski definition) is 4. The predicted octanol–water partition coefficient (Wildman–Crippen LogP) is 4.94. The van der Waals surface area contributed by atoms with Crippen LogP contribution in [0.5, 0.6) is 0 Å². The Morgan fingerprint density at radius 3 is 2.67 bits per heavy atom. The highest BCUT2D eigenvalue weighted by Gasteiger charge is 2.16. The second kappa shape index (κ2) is 9.23. The van der Waals surface area contributed by atoms with Gasteiger partial charge in [-0.15, -0.1) is 0 Å². The first kappa shape index (κ1) is 21.7. The van der Waals surface area contributed by atoms with Gasteiger partial charge in [-0.3, -0.25) is 4.68 Å². The van der Waals surface area contributed by atoms with Gasteiger partial charge in [-0.25, -0.2) is 9.18 Å². The van der Waals surface area contributed by atoms with Crippen LogP contribution < -0.4 is 10.6 Å². The number of ether oxygens (including phenoxy) is 1. The monoisotopic (exact) mass is 446 g/mol. The van der Waals surface area contributed by atoms with Gasteiger partial charge in [0.2, 0.25) is 0 Å². The maximum Gasteiger partial charge on any atom is 0.338 e. The molecule has 30 heavy (non-hydrogen) atoms. The average Bonchev–Trinajstić information content (AvgIpc) is 2.98. The fraction of sp³-hybridized carbons (Fsp3) is 0.190. The van der Waals surface area contributed by atoms with Crippen molar-refractivity contribution < 1.29 is 13.9 Å². The van der Waals surface area contributed by atoms with Crippen molar-refractivity contribution in [1.82, 2.24) is 9.78 Å². The van der Waals surface area contributed by atoms with E-state index in [1.807, 2.05) is 26.0 Å². The fourth-order valence-corrected chi connectivity index (χ4v) is 3.41. The molecule has 3 rings (SSSR count). The molecule has 3 aromatic rings. The van der Waals surface area contributed by atoms with Crippen LogP contribution in [-0.4, -0.2) is 28.0 Å². The molecule has 1 heterocycles. The van der Waals surface area contributed by atoms with Gasteiger partial charge in [0.15, 0.2) is 5.11 Å². The Kier molecular flexibility index (Phi) is 6.69. The van der Waals surface area contributed by atoms with Crippen molar-refractivity contribution in [1.29, 1.82) is 0 Å². The van der Waals surface area contributed by atoms with Crippen LogP contribution >= 0.6 is 23.8 Å². The van der Waals surface area contributed by atoms with Crippen LogP contribution in [0.3, 0.4) is 0 Å². The number of nitrogens with one attached hydrogen (secondary N) is 2. The van der Waals surface area contributed by atoms with Crippen molar-refractivity contribution in [2.45, 2.75) is 20.4 Å². The summed E-state index contributed by atoms with van der Waals surface area (Å²) in [5.74, 6) is -0.893. The zero-order chi connectivity index (χ0) is 21.8. The standard InChI is InChI=1S/C21H20ClFN4O2S/c1-12-19(25-21(30)24-15-8-9-18(23)17(22)10-15)13(2)27(26-12)11-14-6-4-5-7-16(14)20(28)29-3/h4-10H,11H2,1-3H3,(H2,24,25,30). The van der Waals surface area contributed by atoms with E-state index in [9.17, 15) is 9.18 Å². The maximum atomic E-state index is 13.3. The Morgan fingerprint density at radius 2 is 1.97 bits per heavy atom. The molecule has 0 aliphatic heterocycles. The van der Waals surface area contributed by atoms with Crippen molar-refractivity contribution in [2.24, 2.45) is 0 Å². The number of rotatable bonds is 5. The third-order valence-corrected chi connectivity index (χ3v) is 5.03. The van der Waals surface area contributed by atoms with E-state index in [-0.39, 0.29) is 5.02 Å². The van der Waals surface area contributed by atoms with Crippen LogP contribution in [0.25, 0.3) is 0 Å². The number of thiocarbonyl (C=S) groups is 1. The van der Waals surface area contributed by atoms with Crippen molar-refractivity contribution in [3.05, 3.63) is 75.8 Å². The molecule has 9 heteroatoms. The molecule has 2 N–H and O–H groups in total. The summed E-state index contributed by atoms with van der Waals surface area (Å²) in [5.41, 5.74) is 4.18. The number of carbonyl (C=O) groups is 1. The Bertz CT molecular complexity index is 1120. The van der Waals surface area contributed by atoms with Crippen molar-refractivity contribution in [2.75, 3.05) is 17.7 Å². The van der Waals surface area contributed by atoms with E-state index in [0.717, 1.165) is 22.6 Å². The van der Waals surface area contributed by atoms with Crippen molar-refractivity contribution in [3.63, 3.8) is 0 Å². The molecule has 2 aromatic carbocycles. The van der Waals surface area contributed by atoms with Crippen LogP contribution in [-0.2, 0) is 11.3 Å². The number of hydrogen-bond donors (Lipinski definition) is 2. The van der Waals surface area contributed by atoms with E-state index in [2.05, 4.69) is 15.7 Å². The lowest BCUT2D eigenvalue weighted by Gasteiger charge is -2.12. The number of anilines is 2. The third-order valence-electron chi connectivity index (χ3n) is 4.54. The SMILES string of the molecule is COC(=O)c1ccccc1Cn1nc(C)c(NC(=S)Nc2ccc(F)c(Cl)c2)c1C. The quantitative estimate of drug-likeness (QED) is 0.427. The predicted molar refractivity (Wildman–Crippen MR) is 120 cm³/mol. The first-order chi connectivity index (χ1) is 14.3. The summed E-state index contributed by atoms with van der Waals surface area (Å²) in [6.45, 7) is 4.16. The normalized spacial score (nSPS) is 10.6. The van der Waals surface area contributed by atoms with Gasteiger partial charge in [0.05, 0.1) is 41.3 Å². The smallest absolute Gasteiger partial charge is 0.338 e. The van der Waals surface area contributed by atoms with Crippen LogP contribution in [0, 0.1) is 19.7 Å². The van der Waals surface area contributed by atoms with Gasteiger partial charge in [0.25, 0.3) is 0 Å². The number of nitrogens with zero attached hydrogens (tertiary/aromatic N) is 2. The molecule has 0 radical (unpaired) electrons. The van der Waals surface area contributed by atoms with E-state index in [1.165, 1.54) is 19.2 Å². The van der Waals surface area contributed by atoms with Gasteiger partial charge in [0, 0.05) is 5.69 Å². The third kappa shape index (κ3) is 4.77. The van der Waals surface area contributed by atoms with Gasteiger partial charge in [-0.1, -0.05) is 29.8 Å². The van der Waals surface area contributed by atoms with Crippen molar-refractivity contribution >= 4 is 46.3 Å². The van der Waals surface area contributed by atoms with E-state index < -0.39 is 11.8 Å². The highest BCUT2D eigenvalue weighted by Crippen LogP contribution is 2.23. The number of carbonyl (C=O) groups excluding carboxylic acids is 1. The van der Waals surface area contributed by atoms with Gasteiger partial charge >= 0.3 is 5.97 Å². The maximum absolute atomic E-state index is 13.3. The molecule has 0 saturated heterocycles. The Morgan fingerprint density at radius 1 is 1.23 bits per heavy atom. The lowest BCUT2D eigenvalue weighted by molar-refractivity contribution is 0.0599. The van der Waals surface area contributed by atoms with E-state index >= 15 is 0 Å². The summed E-state index contributed by atoms with van der Waals surface area (Å²) < 4.78 is 20.0. The van der Waals surface area contributed by atoms with Crippen LogP contribution in [0.4, 0.5) is 15.8 Å². The number of esters is 1. The minimum atomic E-state index is -0.499. The minimum Gasteiger partial charge on any atom is -0.465 e. The average molecular weight is 447 g/mol. The molecule has 0 aliphatic rings. The summed E-state index contributed by atoms with van der Waals surface area (Å²) in [5, 5.41) is 11.0. The molecule has 0 unspecified atom stereocenters. The van der Waals surface area contributed by atoms with Gasteiger partial charge in [-0.05, 0) is 55.9 Å². The largest absolute Gasteiger partial charge is 0.465 e. The minimum absolute atomic E-state index is 0.00671. The first-order valence-electron chi connectivity index (χ1n) is 9.03. The summed E-state index contributed by atoms with van der Waals surface area (Å²) in [6, 6.07) is 11.5. The molecule has 0 saturated carbocycles. The zero-order valence-electron chi connectivity index (χ0n) is 16.6. The van der Waals surface area contributed by atoms with Crippen LogP contribution in [0.15, 0.2) is 42.5 Å². The van der Waals surface area contributed by atoms with Gasteiger partial charge in [-0.2, -0.15) is 5.10 Å². The first-order valence-corrected chi connectivity index (χ1v) is 9.82. The number of aryl methyl sites for hydroxylation is 1. The number of halogens is 2. The molecular weight excluding hydrogens is 427 g/mol. The molecule has 0 amide bonds. The number of aromatic nitrogens is 2. The molecular formula is C21H20ClFN4O2S. The van der Waals surface area contributed by atoms with Crippen LogP contribution in [0.1, 0.15) is 27.3 Å². The number of methoxy groups -OCH3 is 1. The molecule has 156 valence electrons. The lowest BCUT2D eigenvalue weighted by atomic mass is 10.1. The summed E-state index contributed by atoms with van der Waals surface area (Å²) in [6.07, 6.45) is 0. The fourth-order valence-electron chi connectivity index (χ4n) is 3.01. The second-order valence-corrected chi connectivity index (χ2v) is 7.38. The summed E-state index contributed by atoms with van der Waals surface area (Å²) in [7, 11) is 1.35. The Labute approximate surface area is 184 Å². The molecule has 6 nitrogen and oxygen atoms in total. The summed E-state index contributed by atoms with van der Waals surface area (Å²) in [4.78, 5) is 12.0. The highest BCUT2D eigenvalue weighted by molar-refractivity contribution is 7.80. The van der Waals surface area contributed by atoms with E-state index in [0.29, 0.717) is 22.9 Å². The molecule has 0 bridgehead atoms. The molecule has 0 atom stereocenters. The highest BCUT2D eigenvalue weighted by atomic mass is 35.5. The Hall–Kier alpha value is -2.97. The number of benzene rings is 2. The molecule has 0 spiro atoms. The van der Waals surface area contributed by atoms with E-state index in [4.69, 9.17) is 28.6 Å². The second-order valence-electron chi connectivity index (χ2n) is 6.56. The van der Waals surface area contributed by atoms with Crippen LogP contribution in [0.2, 0.25) is 5.02 Å². The lowest BCUT2D eigenvalue weighted by Crippen LogP contribution is -2.20.